The van der Waals surface area contributed by atoms with Gasteiger partial charge in [0.2, 0.25) is 5.91 Å². The summed E-state index contributed by atoms with van der Waals surface area (Å²) in [6.45, 7) is 7.46. The van der Waals surface area contributed by atoms with Crippen LogP contribution < -0.4 is 10.2 Å². The van der Waals surface area contributed by atoms with Gasteiger partial charge >= 0.3 is 0 Å². The molecule has 1 atom stereocenters. The molecule has 3 aliphatic heterocycles. The Morgan fingerprint density at radius 2 is 1.88 bits per heavy atom. The van der Waals surface area contributed by atoms with Gasteiger partial charge in [-0.2, -0.15) is 0 Å². The molecule has 0 radical (unpaired) electrons. The minimum atomic E-state index is -0.275. The third kappa shape index (κ3) is 4.96. The lowest BCUT2D eigenvalue weighted by atomic mass is 10.2. The maximum atomic E-state index is 12.1. The molecule has 0 spiro atoms. The van der Waals surface area contributed by atoms with Gasteiger partial charge in [0.15, 0.2) is 0 Å². The van der Waals surface area contributed by atoms with Crippen molar-refractivity contribution in [2.75, 3.05) is 44.2 Å². The van der Waals surface area contributed by atoms with Crippen LogP contribution in [-0.2, 0) is 35.5 Å². The number of fused-ring (bicyclic) bond motifs is 1. The van der Waals surface area contributed by atoms with E-state index in [1.807, 2.05) is 0 Å². The summed E-state index contributed by atoms with van der Waals surface area (Å²) in [6, 6.07) is 9.11. The van der Waals surface area contributed by atoms with Gasteiger partial charge in [-0.25, -0.2) is 0 Å². The highest BCUT2D eigenvalue weighted by atomic mass is 16.5. The summed E-state index contributed by atoms with van der Waals surface area (Å²) in [6.07, 6.45) is 5.73. The molecule has 3 aliphatic rings. The van der Waals surface area contributed by atoms with E-state index in [4.69, 9.17) is 4.74 Å². The molecule has 1 amide bonds. The van der Waals surface area contributed by atoms with Crippen molar-refractivity contribution in [3.05, 3.63) is 41.5 Å². The zero-order valence-corrected chi connectivity index (χ0v) is 18.8. The molecule has 2 fully saturated rings. The zero-order valence-electron chi connectivity index (χ0n) is 18.8. The predicted octanol–water partition coefficient (Wildman–Crippen LogP) is 1.77. The number of carbonyl (C=O) groups excluding carboxylic acids is 1. The molecule has 5 rings (SSSR count). The molecule has 2 aromatic rings. The first-order chi connectivity index (χ1) is 15.8. The number of hydrogen-bond acceptors (Lipinski definition) is 6. The van der Waals surface area contributed by atoms with Gasteiger partial charge in [0.1, 0.15) is 17.8 Å². The Kier molecular flexibility index (Phi) is 6.69. The second-order valence-corrected chi connectivity index (χ2v) is 9.11. The van der Waals surface area contributed by atoms with Crippen LogP contribution in [0.4, 0.5) is 5.69 Å². The van der Waals surface area contributed by atoms with Crippen molar-refractivity contribution in [1.29, 1.82) is 0 Å². The van der Waals surface area contributed by atoms with E-state index in [2.05, 4.69) is 54.1 Å². The van der Waals surface area contributed by atoms with Crippen molar-refractivity contribution < 1.29 is 9.53 Å². The first-order valence-corrected chi connectivity index (χ1v) is 12.1. The number of rotatable bonds is 7. The Labute approximate surface area is 189 Å². The van der Waals surface area contributed by atoms with Crippen LogP contribution >= 0.6 is 0 Å². The molecule has 1 aromatic heterocycles. The Hall–Kier alpha value is -2.45. The molecular formula is C24H34N6O2. The van der Waals surface area contributed by atoms with Gasteiger partial charge in [-0.1, -0.05) is 12.1 Å². The Bertz CT molecular complexity index is 900. The lowest BCUT2D eigenvalue weighted by molar-refractivity contribution is -0.130. The fraction of sp³-hybridized carbons (Fsp3) is 0.625. The van der Waals surface area contributed by atoms with Crippen molar-refractivity contribution in [2.24, 2.45) is 0 Å². The van der Waals surface area contributed by atoms with Gasteiger partial charge in [-0.15, -0.1) is 10.2 Å². The van der Waals surface area contributed by atoms with Crippen LogP contribution in [0.15, 0.2) is 24.3 Å². The standard InChI is InChI=1S/C24H34N6O2/c31-24(21-4-3-17-32-21)25-11-9-22-26-27-23-10-14-28(15-16-30(22)23)18-19-5-7-20(8-6-19)29-12-1-2-13-29/h5-8,21H,1-4,9-18H2,(H,25,31)/t21-/m0/s1. The first-order valence-electron chi connectivity index (χ1n) is 12.1. The third-order valence-corrected chi connectivity index (χ3v) is 6.88. The van der Waals surface area contributed by atoms with Crippen molar-refractivity contribution >= 4 is 11.6 Å². The van der Waals surface area contributed by atoms with E-state index in [0.717, 1.165) is 57.1 Å². The number of aromatic nitrogens is 3. The highest BCUT2D eigenvalue weighted by molar-refractivity contribution is 5.80. The molecule has 0 aliphatic carbocycles. The highest BCUT2D eigenvalue weighted by Gasteiger charge is 2.24. The molecule has 32 heavy (non-hydrogen) atoms. The molecule has 1 aromatic carbocycles. The fourth-order valence-corrected chi connectivity index (χ4v) is 5.01. The molecule has 0 unspecified atom stereocenters. The summed E-state index contributed by atoms with van der Waals surface area (Å²) >= 11 is 0. The normalized spacial score (nSPS) is 21.5. The summed E-state index contributed by atoms with van der Waals surface area (Å²) in [5.74, 6) is 2.02. The quantitative estimate of drug-likeness (QED) is 0.710. The van der Waals surface area contributed by atoms with Gasteiger partial charge in [-0.3, -0.25) is 9.69 Å². The maximum Gasteiger partial charge on any atom is 0.249 e. The van der Waals surface area contributed by atoms with Gasteiger partial charge < -0.3 is 19.5 Å². The molecule has 4 heterocycles. The third-order valence-electron chi connectivity index (χ3n) is 6.88. The minimum absolute atomic E-state index is 0.0000278. The van der Waals surface area contributed by atoms with Crippen molar-refractivity contribution in [2.45, 2.75) is 57.7 Å². The lowest BCUT2D eigenvalue weighted by Crippen LogP contribution is -2.35. The van der Waals surface area contributed by atoms with E-state index in [0.29, 0.717) is 19.6 Å². The van der Waals surface area contributed by atoms with E-state index < -0.39 is 0 Å². The number of anilines is 1. The van der Waals surface area contributed by atoms with Crippen molar-refractivity contribution in [3.8, 4) is 0 Å². The number of benzene rings is 1. The van der Waals surface area contributed by atoms with E-state index in [1.165, 1.54) is 37.2 Å². The van der Waals surface area contributed by atoms with Crippen molar-refractivity contribution in [1.82, 2.24) is 25.0 Å². The largest absolute Gasteiger partial charge is 0.372 e. The summed E-state index contributed by atoms with van der Waals surface area (Å²) in [7, 11) is 0. The number of nitrogens with one attached hydrogen (secondary N) is 1. The lowest BCUT2D eigenvalue weighted by Gasteiger charge is -2.21. The monoisotopic (exact) mass is 438 g/mol. The van der Waals surface area contributed by atoms with E-state index in [1.54, 1.807) is 0 Å². The van der Waals surface area contributed by atoms with Crippen LogP contribution in [0.1, 0.15) is 42.9 Å². The van der Waals surface area contributed by atoms with E-state index >= 15 is 0 Å². The van der Waals surface area contributed by atoms with Crippen LogP contribution in [0.5, 0.6) is 0 Å². The number of ether oxygens (including phenoxy) is 1. The van der Waals surface area contributed by atoms with Crippen LogP contribution in [0.3, 0.4) is 0 Å². The summed E-state index contributed by atoms with van der Waals surface area (Å²) in [5.41, 5.74) is 2.72. The molecule has 2 saturated heterocycles. The number of carbonyl (C=O) groups is 1. The molecule has 0 bridgehead atoms. The smallest absolute Gasteiger partial charge is 0.249 e. The van der Waals surface area contributed by atoms with Crippen LogP contribution in [0.25, 0.3) is 0 Å². The Morgan fingerprint density at radius 1 is 1.03 bits per heavy atom. The van der Waals surface area contributed by atoms with E-state index in [9.17, 15) is 4.79 Å². The average Bonchev–Trinajstić information content (AvgIpc) is 3.57. The summed E-state index contributed by atoms with van der Waals surface area (Å²) in [5, 5.41) is 11.8. The van der Waals surface area contributed by atoms with Crippen molar-refractivity contribution in [3.63, 3.8) is 0 Å². The molecule has 1 N–H and O–H groups in total. The maximum absolute atomic E-state index is 12.1. The SMILES string of the molecule is O=C(NCCc1nnc2n1CCN(Cc1ccc(N3CCCC3)cc1)CC2)[C@@H]1CCCO1. The Morgan fingerprint density at radius 3 is 2.66 bits per heavy atom. The van der Waals surface area contributed by atoms with Crippen LogP contribution in [0, 0.1) is 0 Å². The second-order valence-electron chi connectivity index (χ2n) is 9.11. The molecule has 0 saturated carbocycles. The van der Waals surface area contributed by atoms with Gasteiger partial charge in [-0.05, 0) is 43.4 Å². The molecule has 8 heteroatoms. The summed E-state index contributed by atoms with van der Waals surface area (Å²) in [4.78, 5) is 17.1. The zero-order chi connectivity index (χ0) is 21.8. The molecular weight excluding hydrogens is 404 g/mol. The van der Waals surface area contributed by atoms with E-state index in [-0.39, 0.29) is 12.0 Å². The second kappa shape index (κ2) is 10.0. The summed E-state index contributed by atoms with van der Waals surface area (Å²) < 4.78 is 7.69. The first kappa shape index (κ1) is 21.4. The number of hydrogen-bond donors (Lipinski definition) is 1. The Balaban J connectivity index is 1.12. The van der Waals surface area contributed by atoms with Gasteiger partial charge in [0.05, 0.1) is 0 Å². The molecule has 8 nitrogen and oxygen atoms in total. The topological polar surface area (TPSA) is 75.5 Å². The average molecular weight is 439 g/mol. The van der Waals surface area contributed by atoms with Crippen LogP contribution in [-0.4, -0.2) is 71.0 Å². The predicted molar refractivity (Wildman–Crippen MR) is 123 cm³/mol. The van der Waals surface area contributed by atoms with Crippen LogP contribution in [0.2, 0.25) is 0 Å². The van der Waals surface area contributed by atoms with Gasteiger partial charge in [0, 0.05) is 70.9 Å². The highest BCUT2D eigenvalue weighted by Crippen LogP contribution is 2.21. The fourth-order valence-electron chi connectivity index (χ4n) is 5.01. The minimum Gasteiger partial charge on any atom is -0.372 e. The molecule has 172 valence electrons. The number of nitrogens with zero attached hydrogens (tertiary/aromatic N) is 5. The van der Waals surface area contributed by atoms with Gasteiger partial charge in [0.25, 0.3) is 0 Å². The number of amides is 1.